The molecule has 0 spiro atoms. The van der Waals surface area contributed by atoms with Gasteiger partial charge < -0.3 is 15.1 Å². The Labute approximate surface area is 200 Å². The molecule has 1 heterocycles. The number of carbonyl (C=O) groups is 1. The number of nitrogens with zero attached hydrogens (tertiary/aromatic N) is 4. The Balaban J connectivity index is 2.05. The van der Waals surface area contributed by atoms with Crippen LogP contribution in [0, 0.1) is 13.8 Å². The fourth-order valence-electron chi connectivity index (χ4n) is 3.94. The lowest BCUT2D eigenvalue weighted by molar-refractivity contribution is 0.180. The van der Waals surface area contributed by atoms with Crippen molar-refractivity contribution in [3.8, 4) is 0 Å². The largest absolute Gasteiger partial charge is 0.322 e. The van der Waals surface area contributed by atoms with Gasteiger partial charge in [0.25, 0.3) is 5.56 Å². The molecule has 8 heteroatoms. The average Bonchev–Trinajstić information content (AvgIpc) is 2.76. The van der Waals surface area contributed by atoms with E-state index in [0.29, 0.717) is 41.4 Å². The van der Waals surface area contributed by atoms with Crippen molar-refractivity contribution in [2.45, 2.75) is 40.3 Å². The van der Waals surface area contributed by atoms with Crippen LogP contribution in [0.25, 0.3) is 10.9 Å². The minimum atomic E-state index is -0.429. The normalized spacial score (nSPS) is 12.2. The Morgan fingerprint density at radius 1 is 1.15 bits per heavy atom. The van der Waals surface area contributed by atoms with Gasteiger partial charge in [-0.1, -0.05) is 29.8 Å². The topological polar surface area (TPSA) is 70.5 Å². The van der Waals surface area contributed by atoms with E-state index in [9.17, 15) is 9.59 Å². The number of benzene rings is 2. The van der Waals surface area contributed by atoms with Crippen molar-refractivity contribution in [1.29, 1.82) is 0 Å². The molecule has 0 saturated heterocycles. The Morgan fingerprint density at radius 2 is 1.82 bits per heavy atom. The van der Waals surface area contributed by atoms with Crippen molar-refractivity contribution in [3.63, 3.8) is 0 Å². The lowest BCUT2D eigenvalue weighted by Crippen LogP contribution is -2.43. The van der Waals surface area contributed by atoms with Crippen LogP contribution in [0.4, 0.5) is 10.5 Å². The maximum Gasteiger partial charge on any atom is 0.322 e. The number of anilines is 1. The fraction of sp³-hybridized carbons (Fsp3) is 0.400. The minimum Gasteiger partial charge on any atom is -0.313 e. The van der Waals surface area contributed by atoms with Crippen LogP contribution in [0.2, 0.25) is 5.02 Å². The number of para-hydroxylation sites is 1. The second kappa shape index (κ2) is 10.4. The predicted octanol–water partition coefficient (Wildman–Crippen LogP) is 4.84. The first-order chi connectivity index (χ1) is 15.6. The third kappa shape index (κ3) is 5.37. The molecule has 0 saturated carbocycles. The molecular formula is C25H32ClN5O2. The summed E-state index contributed by atoms with van der Waals surface area (Å²) in [7, 11) is 3.93. The fourth-order valence-corrected chi connectivity index (χ4v) is 4.12. The summed E-state index contributed by atoms with van der Waals surface area (Å²) >= 11 is 6.11. The summed E-state index contributed by atoms with van der Waals surface area (Å²) < 4.78 is 1.62. The van der Waals surface area contributed by atoms with Crippen LogP contribution in [-0.2, 0) is 6.54 Å². The highest BCUT2D eigenvalue weighted by Gasteiger charge is 2.26. The molecule has 0 aliphatic carbocycles. The summed E-state index contributed by atoms with van der Waals surface area (Å²) in [5.74, 6) is 0.549. The van der Waals surface area contributed by atoms with E-state index in [0.717, 1.165) is 16.8 Å². The Morgan fingerprint density at radius 3 is 2.42 bits per heavy atom. The van der Waals surface area contributed by atoms with E-state index in [1.165, 1.54) is 0 Å². The predicted molar refractivity (Wildman–Crippen MR) is 135 cm³/mol. The van der Waals surface area contributed by atoms with Crippen LogP contribution < -0.4 is 10.9 Å². The number of hydrogen-bond donors (Lipinski definition) is 1. The van der Waals surface area contributed by atoms with Gasteiger partial charge in [-0.15, -0.1) is 0 Å². The van der Waals surface area contributed by atoms with E-state index in [1.54, 1.807) is 27.7 Å². The van der Waals surface area contributed by atoms with Crippen molar-refractivity contribution in [2.24, 2.45) is 0 Å². The maximum absolute atomic E-state index is 13.5. The third-order valence-electron chi connectivity index (χ3n) is 5.87. The number of aryl methyl sites for hydroxylation is 2. The van der Waals surface area contributed by atoms with Crippen molar-refractivity contribution in [2.75, 3.05) is 32.5 Å². The number of nitrogens with one attached hydrogen (secondary N) is 1. The number of amides is 2. The third-order valence-corrected chi connectivity index (χ3v) is 6.10. The number of likely N-dealkylation sites (N-methyl/N-ethyl adjacent to an activating group) is 1. The molecule has 0 aliphatic rings. The Hall–Kier alpha value is -2.90. The molecule has 0 fully saturated rings. The molecule has 2 amide bonds. The average molecular weight is 470 g/mol. The summed E-state index contributed by atoms with van der Waals surface area (Å²) in [4.78, 5) is 35.3. The molecule has 1 atom stereocenters. The second-order valence-corrected chi connectivity index (χ2v) is 8.99. The molecule has 0 radical (unpaired) electrons. The molecule has 7 nitrogen and oxygen atoms in total. The molecule has 176 valence electrons. The lowest BCUT2D eigenvalue weighted by atomic mass is 10.1. The number of halogens is 1. The molecule has 1 N–H and O–H groups in total. The first-order valence-electron chi connectivity index (χ1n) is 11.1. The quantitative estimate of drug-likeness (QED) is 0.537. The van der Waals surface area contributed by atoms with E-state index in [2.05, 4.69) is 5.32 Å². The van der Waals surface area contributed by atoms with Crippen LogP contribution in [0.15, 0.2) is 41.2 Å². The highest BCUT2D eigenvalue weighted by molar-refractivity contribution is 6.31. The zero-order valence-electron chi connectivity index (χ0n) is 20.1. The summed E-state index contributed by atoms with van der Waals surface area (Å²) in [5.41, 5.74) is 3.20. The molecule has 0 bridgehead atoms. The molecule has 1 unspecified atom stereocenters. The molecule has 3 aromatic rings. The Kier molecular flexibility index (Phi) is 7.76. The van der Waals surface area contributed by atoms with Gasteiger partial charge in [0.05, 0.1) is 16.9 Å². The van der Waals surface area contributed by atoms with Crippen LogP contribution >= 0.6 is 11.6 Å². The van der Waals surface area contributed by atoms with Crippen LogP contribution in [0.3, 0.4) is 0 Å². The highest BCUT2D eigenvalue weighted by atomic mass is 35.5. The van der Waals surface area contributed by atoms with Gasteiger partial charge in [-0.25, -0.2) is 9.78 Å². The first kappa shape index (κ1) is 24.7. The zero-order chi connectivity index (χ0) is 24.3. The summed E-state index contributed by atoms with van der Waals surface area (Å²) in [6.45, 7) is 9.34. The van der Waals surface area contributed by atoms with E-state index >= 15 is 0 Å². The summed E-state index contributed by atoms with van der Waals surface area (Å²) in [6, 6.07) is 10.4. The van der Waals surface area contributed by atoms with Gasteiger partial charge >= 0.3 is 6.03 Å². The van der Waals surface area contributed by atoms with Gasteiger partial charge in [0.2, 0.25) is 0 Å². The highest BCUT2D eigenvalue weighted by Crippen LogP contribution is 2.25. The maximum atomic E-state index is 13.5. The van der Waals surface area contributed by atoms with Crippen LogP contribution in [0.1, 0.15) is 36.8 Å². The Bertz CT molecular complexity index is 1200. The van der Waals surface area contributed by atoms with E-state index < -0.39 is 6.04 Å². The monoisotopic (exact) mass is 469 g/mol. The molecular weight excluding hydrogens is 438 g/mol. The van der Waals surface area contributed by atoms with E-state index in [1.807, 2.05) is 64.9 Å². The van der Waals surface area contributed by atoms with E-state index in [-0.39, 0.29) is 11.6 Å². The molecule has 1 aromatic heterocycles. The first-order valence-corrected chi connectivity index (χ1v) is 11.5. The van der Waals surface area contributed by atoms with Gasteiger partial charge in [-0.2, -0.15) is 0 Å². The molecule has 33 heavy (non-hydrogen) atoms. The van der Waals surface area contributed by atoms with Crippen LogP contribution in [-0.4, -0.2) is 52.6 Å². The van der Waals surface area contributed by atoms with Gasteiger partial charge in [0, 0.05) is 30.3 Å². The van der Waals surface area contributed by atoms with Gasteiger partial charge in [-0.05, 0) is 71.1 Å². The van der Waals surface area contributed by atoms with Crippen molar-refractivity contribution < 1.29 is 4.79 Å². The van der Waals surface area contributed by atoms with Crippen LogP contribution in [0.5, 0.6) is 0 Å². The summed E-state index contributed by atoms with van der Waals surface area (Å²) in [5, 5.41) is 4.05. The van der Waals surface area contributed by atoms with Gasteiger partial charge in [0.1, 0.15) is 5.82 Å². The summed E-state index contributed by atoms with van der Waals surface area (Å²) in [6.07, 6.45) is 0. The van der Waals surface area contributed by atoms with Crippen molar-refractivity contribution >= 4 is 34.2 Å². The van der Waals surface area contributed by atoms with Crippen molar-refractivity contribution in [1.82, 2.24) is 19.4 Å². The standard InChI is InChI=1S/C25H32ClN5O2/c1-7-30-23(27-21-12-11-19(26)15-20(21)24(30)32)18(4)31(14-13-29(5)6)25(33)28-22-16(2)9-8-10-17(22)3/h8-12,15,18H,7,13-14H2,1-6H3,(H,28,33). The SMILES string of the molecule is CCn1c(C(C)N(CCN(C)C)C(=O)Nc2c(C)cccc2C)nc2ccc(Cl)cc2c1=O. The second-order valence-electron chi connectivity index (χ2n) is 8.55. The number of carbonyl (C=O) groups excluding carboxylic acids is 1. The number of aromatic nitrogens is 2. The minimum absolute atomic E-state index is 0.158. The molecule has 2 aromatic carbocycles. The smallest absolute Gasteiger partial charge is 0.313 e. The number of rotatable bonds is 7. The number of urea groups is 1. The number of hydrogen-bond acceptors (Lipinski definition) is 4. The number of fused-ring (bicyclic) bond motifs is 1. The molecule has 3 rings (SSSR count). The van der Waals surface area contributed by atoms with Gasteiger partial charge in [0.15, 0.2) is 0 Å². The zero-order valence-corrected chi connectivity index (χ0v) is 20.9. The van der Waals surface area contributed by atoms with Gasteiger partial charge in [-0.3, -0.25) is 9.36 Å². The molecule has 0 aliphatic heterocycles. The van der Waals surface area contributed by atoms with E-state index in [4.69, 9.17) is 16.6 Å². The lowest BCUT2D eigenvalue weighted by Gasteiger charge is -2.31. The van der Waals surface area contributed by atoms with Crippen molar-refractivity contribution in [3.05, 3.63) is 68.7 Å².